The molecule has 3 rings (SSSR count). The summed E-state index contributed by atoms with van der Waals surface area (Å²) in [7, 11) is 1.56. The maximum Gasteiger partial charge on any atom is 0.267 e. The number of carbonyl (C=O) groups excluding carboxylic acids is 1. The molecule has 1 aromatic heterocycles. The van der Waals surface area contributed by atoms with Crippen LogP contribution in [-0.2, 0) is 24.2 Å². The fraction of sp³-hybridized carbons (Fsp3) is 0.421. The molecule has 0 fully saturated rings. The Hall–Kier alpha value is -2.83. The Kier molecular flexibility index (Phi) is 5.55. The number of benzene rings is 1. The van der Waals surface area contributed by atoms with Crippen LogP contribution in [0.3, 0.4) is 0 Å². The van der Waals surface area contributed by atoms with E-state index in [4.69, 9.17) is 9.47 Å². The maximum absolute atomic E-state index is 12.0. The highest BCUT2D eigenvalue weighted by Gasteiger charge is 2.14. The van der Waals surface area contributed by atoms with E-state index >= 15 is 0 Å². The lowest BCUT2D eigenvalue weighted by atomic mass is 10.2. The summed E-state index contributed by atoms with van der Waals surface area (Å²) < 4.78 is 12.2. The number of aromatic nitrogens is 2. The van der Waals surface area contributed by atoms with Crippen LogP contribution in [-0.4, -0.2) is 35.9 Å². The van der Waals surface area contributed by atoms with E-state index in [0.29, 0.717) is 24.6 Å². The van der Waals surface area contributed by atoms with Crippen molar-refractivity contribution in [1.29, 1.82) is 0 Å². The van der Waals surface area contributed by atoms with Crippen molar-refractivity contribution in [3.63, 3.8) is 0 Å². The van der Waals surface area contributed by atoms with E-state index < -0.39 is 0 Å². The lowest BCUT2D eigenvalue weighted by Crippen LogP contribution is -2.34. The van der Waals surface area contributed by atoms with E-state index in [9.17, 15) is 9.59 Å². The highest BCUT2D eigenvalue weighted by atomic mass is 16.5. The molecule has 0 saturated heterocycles. The van der Waals surface area contributed by atoms with Crippen LogP contribution in [0.4, 0.5) is 0 Å². The fourth-order valence-corrected chi connectivity index (χ4v) is 2.99. The molecule has 1 aliphatic carbocycles. The van der Waals surface area contributed by atoms with Gasteiger partial charge >= 0.3 is 0 Å². The third-order valence-electron chi connectivity index (χ3n) is 4.35. The minimum Gasteiger partial charge on any atom is -0.493 e. The molecule has 2 aromatic rings. The van der Waals surface area contributed by atoms with Gasteiger partial charge in [-0.15, -0.1) is 0 Å². The quantitative estimate of drug-likeness (QED) is 0.806. The standard InChI is InChI=1S/C19H23N3O4/c1-13-6-7-16(17(10-13)25-2)26-12-18(23)20-8-9-22-19(24)11-14-4-3-5-15(14)21-22/h6-7,10-11H,3-5,8-9,12H2,1-2H3,(H,20,23). The highest BCUT2D eigenvalue weighted by molar-refractivity contribution is 5.77. The number of fused-ring (bicyclic) bond motifs is 1. The van der Waals surface area contributed by atoms with Crippen molar-refractivity contribution in [2.24, 2.45) is 0 Å². The molecule has 7 nitrogen and oxygen atoms in total. The van der Waals surface area contributed by atoms with Crippen LogP contribution in [0.15, 0.2) is 29.1 Å². The first kappa shape index (κ1) is 18.0. The van der Waals surface area contributed by atoms with Crippen LogP contribution in [0.25, 0.3) is 0 Å². The molecular formula is C19H23N3O4. The molecule has 1 aromatic carbocycles. The van der Waals surface area contributed by atoms with Gasteiger partial charge in [-0.2, -0.15) is 5.10 Å². The number of rotatable bonds is 7. The van der Waals surface area contributed by atoms with Crippen LogP contribution in [0.2, 0.25) is 0 Å². The molecule has 0 spiro atoms. The summed E-state index contributed by atoms with van der Waals surface area (Å²) in [4.78, 5) is 24.0. The van der Waals surface area contributed by atoms with E-state index in [-0.39, 0.29) is 18.1 Å². The van der Waals surface area contributed by atoms with Gasteiger partial charge in [0.1, 0.15) is 0 Å². The van der Waals surface area contributed by atoms with E-state index in [2.05, 4.69) is 10.4 Å². The van der Waals surface area contributed by atoms with Crippen molar-refractivity contribution in [3.8, 4) is 11.5 Å². The van der Waals surface area contributed by atoms with Crippen molar-refractivity contribution >= 4 is 5.91 Å². The Morgan fingerprint density at radius 2 is 2.12 bits per heavy atom. The first-order chi connectivity index (χ1) is 12.6. The minimum absolute atomic E-state index is 0.119. The van der Waals surface area contributed by atoms with Gasteiger partial charge < -0.3 is 14.8 Å². The molecule has 0 saturated carbocycles. The molecule has 1 aliphatic rings. The zero-order chi connectivity index (χ0) is 18.5. The summed E-state index contributed by atoms with van der Waals surface area (Å²) in [6, 6.07) is 7.17. The average molecular weight is 357 g/mol. The van der Waals surface area contributed by atoms with Gasteiger partial charge in [-0.05, 0) is 49.4 Å². The smallest absolute Gasteiger partial charge is 0.267 e. The Morgan fingerprint density at radius 3 is 2.92 bits per heavy atom. The molecule has 0 atom stereocenters. The number of ether oxygens (including phenoxy) is 2. The summed E-state index contributed by atoms with van der Waals surface area (Å²) in [5.41, 5.74) is 2.97. The van der Waals surface area contributed by atoms with Gasteiger partial charge in [0.25, 0.3) is 11.5 Å². The first-order valence-corrected chi connectivity index (χ1v) is 8.71. The zero-order valence-corrected chi connectivity index (χ0v) is 15.1. The summed E-state index contributed by atoms with van der Waals surface area (Å²) in [6.07, 6.45) is 2.88. The van der Waals surface area contributed by atoms with Crippen LogP contribution in [0, 0.1) is 6.92 Å². The van der Waals surface area contributed by atoms with Gasteiger partial charge in [0.15, 0.2) is 18.1 Å². The van der Waals surface area contributed by atoms with Crippen molar-refractivity contribution in [1.82, 2.24) is 15.1 Å². The second-order valence-electron chi connectivity index (χ2n) is 6.32. The average Bonchev–Trinajstić information content (AvgIpc) is 3.07. The predicted octanol–water partition coefficient (Wildman–Crippen LogP) is 1.24. The number of nitrogens with zero attached hydrogens (tertiary/aromatic N) is 2. The number of hydrogen-bond acceptors (Lipinski definition) is 5. The molecule has 26 heavy (non-hydrogen) atoms. The van der Waals surface area contributed by atoms with E-state index in [1.165, 1.54) is 4.68 Å². The summed E-state index contributed by atoms with van der Waals surface area (Å²) in [6.45, 7) is 2.49. The fourth-order valence-electron chi connectivity index (χ4n) is 2.99. The number of aryl methyl sites for hydroxylation is 3. The zero-order valence-electron chi connectivity index (χ0n) is 15.1. The van der Waals surface area contributed by atoms with Crippen LogP contribution >= 0.6 is 0 Å². The van der Waals surface area contributed by atoms with Crippen molar-refractivity contribution in [3.05, 3.63) is 51.4 Å². The lowest BCUT2D eigenvalue weighted by Gasteiger charge is -2.12. The molecule has 1 heterocycles. The van der Waals surface area contributed by atoms with Gasteiger partial charge in [0.2, 0.25) is 0 Å². The molecule has 1 amide bonds. The van der Waals surface area contributed by atoms with Gasteiger partial charge in [0, 0.05) is 12.6 Å². The van der Waals surface area contributed by atoms with E-state index in [1.807, 2.05) is 19.1 Å². The molecule has 0 bridgehead atoms. The summed E-state index contributed by atoms with van der Waals surface area (Å²) in [5, 5.41) is 7.12. The molecule has 138 valence electrons. The monoisotopic (exact) mass is 357 g/mol. The van der Waals surface area contributed by atoms with Gasteiger partial charge in [-0.3, -0.25) is 9.59 Å². The van der Waals surface area contributed by atoms with E-state index in [0.717, 1.165) is 36.1 Å². The van der Waals surface area contributed by atoms with Gasteiger partial charge in [-0.25, -0.2) is 4.68 Å². The van der Waals surface area contributed by atoms with Gasteiger partial charge in [-0.1, -0.05) is 6.07 Å². The topological polar surface area (TPSA) is 82.4 Å². The predicted molar refractivity (Wildman–Crippen MR) is 96.8 cm³/mol. The SMILES string of the molecule is COc1cc(C)ccc1OCC(=O)NCCn1nc2c(cc1=O)CCC2. The lowest BCUT2D eigenvalue weighted by molar-refractivity contribution is -0.123. The number of methoxy groups -OCH3 is 1. The number of carbonyl (C=O) groups is 1. The number of amides is 1. The van der Waals surface area contributed by atoms with Crippen molar-refractivity contribution in [2.45, 2.75) is 32.7 Å². The molecule has 0 radical (unpaired) electrons. The van der Waals surface area contributed by atoms with E-state index in [1.54, 1.807) is 19.2 Å². The summed E-state index contributed by atoms with van der Waals surface area (Å²) >= 11 is 0. The van der Waals surface area contributed by atoms with Crippen LogP contribution in [0.5, 0.6) is 11.5 Å². The Morgan fingerprint density at radius 1 is 1.27 bits per heavy atom. The third-order valence-corrected chi connectivity index (χ3v) is 4.35. The van der Waals surface area contributed by atoms with Crippen molar-refractivity contribution in [2.75, 3.05) is 20.3 Å². The molecule has 0 unspecified atom stereocenters. The van der Waals surface area contributed by atoms with Crippen LogP contribution in [0.1, 0.15) is 23.2 Å². The Bertz CT molecular complexity index is 860. The third kappa shape index (κ3) is 4.22. The molecule has 1 N–H and O–H groups in total. The summed E-state index contributed by atoms with van der Waals surface area (Å²) in [5.74, 6) is 0.846. The Labute approximate surface area is 151 Å². The normalized spacial score (nSPS) is 12.5. The number of hydrogen-bond donors (Lipinski definition) is 1. The number of nitrogens with one attached hydrogen (secondary N) is 1. The largest absolute Gasteiger partial charge is 0.493 e. The minimum atomic E-state index is -0.262. The highest BCUT2D eigenvalue weighted by Crippen LogP contribution is 2.27. The Balaban J connectivity index is 1.49. The first-order valence-electron chi connectivity index (χ1n) is 8.71. The maximum atomic E-state index is 12.0. The van der Waals surface area contributed by atoms with Crippen molar-refractivity contribution < 1.29 is 14.3 Å². The van der Waals surface area contributed by atoms with Gasteiger partial charge in [0.05, 0.1) is 19.3 Å². The molecule has 7 heteroatoms. The molecular weight excluding hydrogens is 334 g/mol. The second-order valence-corrected chi connectivity index (χ2v) is 6.32. The molecule has 0 aliphatic heterocycles. The second kappa shape index (κ2) is 8.03. The van der Waals surface area contributed by atoms with Crippen LogP contribution < -0.4 is 20.3 Å².